The van der Waals surface area contributed by atoms with Crippen molar-refractivity contribution in [2.24, 2.45) is 20.4 Å². The number of aliphatic hydroxyl groups is 2. The van der Waals surface area contributed by atoms with E-state index in [1.165, 1.54) is 36.4 Å². The van der Waals surface area contributed by atoms with Gasteiger partial charge in [-0.05, 0) is 219 Å². The van der Waals surface area contributed by atoms with E-state index in [2.05, 4.69) is 170 Å². The number of aryl methyl sites for hydroxylation is 2. The van der Waals surface area contributed by atoms with Crippen LogP contribution in [0, 0.1) is 13.8 Å². The number of hydrogen-bond donors (Lipinski definition) is 5. The van der Waals surface area contributed by atoms with Crippen molar-refractivity contribution in [1.29, 1.82) is 0 Å². The number of carbonyl (C=O) groups excluding carboxylic acids is 1. The summed E-state index contributed by atoms with van der Waals surface area (Å²) in [7, 11) is 4.40. The first-order valence-corrected chi connectivity index (χ1v) is 44.1. The second-order valence-electron chi connectivity index (χ2n) is 29.8. The number of amides is 1. The average molecular weight is 1750 g/mol. The zero-order valence-electron chi connectivity index (χ0n) is 67.1. The maximum Gasteiger partial charge on any atom is 0.222 e. The van der Waals surface area contributed by atoms with Crippen LogP contribution in [0.5, 0.6) is 0 Å². The number of piperidine rings is 1. The van der Waals surface area contributed by atoms with E-state index in [1.54, 1.807) is 120 Å². The molecule has 2 saturated heterocycles. The van der Waals surface area contributed by atoms with Crippen LogP contribution >= 0.6 is 80.1 Å². The van der Waals surface area contributed by atoms with Gasteiger partial charge in [-0.2, -0.15) is 25.5 Å². The average Bonchev–Trinajstić information content (AvgIpc) is 1.63. The Morgan fingerprint density at radius 3 is 1.65 bits per heavy atom. The van der Waals surface area contributed by atoms with Crippen molar-refractivity contribution in [3.63, 3.8) is 0 Å². The van der Waals surface area contributed by atoms with Gasteiger partial charge in [0.05, 0.1) is 54.9 Å². The topological polar surface area (TPSA) is 276 Å². The van der Waals surface area contributed by atoms with Crippen molar-refractivity contribution in [3.8, 4) is 74.4 Å². The number of halogens is 3. The fraction of sp³-hybridized carbons (Fsp3) is 0.204. The summed E-state index contributed by atoms with van der Waals surface area (Å²) in [4.78, 5) is 64.9. The van der Waals surface area contributed by atoms with Crippen LogP contribution in [0.4, 0.5) is 5.82 Å². The number of nitrogens with one attached hydrogen (secondary N) is 3. The lowest BCUT2D eigenvalue weighted by molar-refractivity contribution is -0.114. The van der Waals surface area contributed by atoms with Crippen molar-refractivity contribution in [1.82, 2.24) is 69.8 Å². The zero-order valence-corrected chi connectivity index (χ0v) is 72.7. The van der Waals surface area contributed by atoms with Crippen molar-refractivity contribution in [2.75, 3.05) is 45.6 Å². The van der Waals surface area contributed by atoms with Gasteiger partial charge in [0.25, 0.3) is 0 Å². The van der Waals surface area contributed by atoms with Gasteiger partial charge in [0.1, 0.15) is 35.3 Å². The highest BCUT2D eigenvalue weighted by molar-refractivity contribution is 7.19. The molecule has 0 radical (unpaired) electrons. The summed E-state index contributed by atoms with van der Waals surface area (Å²) >= 11 is 25.2. The smallest absolute Gasteiger partial charge is 0.222 e. The maximum atomic E-state index is 11.6. The molecule has 0 bridgehead atoms. The van der Waals surface area contributed by atoms with E-state index in [-0.39, 0.29) is 18.0 Å². The van der Waals surface area contributed by atoms with Crippen LogP contribution in [0.2, 0.25) is 15.2 Å². The number of rotatable bonds is 21. The Hall–Kier alpha value is -11.5. The molecular weight excluding hydrogens is 1670 g/mol. The number of benzene rings is 4. The van der Waals surface area contributed by atoms with Crippen LogP contribution in [-0.4, -0.2) is 156 Å². The van der Waals surface area contributed by atoms with Gasteiger partial charge in [0.15, 0.2) is 5.82 Å². The minimum atomic E-state index is -0.772. The third kappa shape index (κ3) is 19.8. The number of likely N-dealkylation sites (tertiary alicyclic amines) is 2. The van der Waals surface area contributed by atoms with Gasteiger partial charge in [-0.15, -0.1) is 45.3 Å². The van der Waals surface area contributed by atoms with E-state index < -0.39 is 12.2 Å². The van der Waals surface area contributed by atoms with Crippen LogP contribution in [0.1, 0.15) is 129 Å². The number of carbonyl (C=O) groups is 1. The van der Waals surface area contributed by atoms with Crippen molar-refractivity contribution < 1.29 is 15.0 Å². The quantitative estimate of drug-likeness (QED) is 0.0418. The number of thiophene rings is 4. The second-order valence-corrected chi connectivity index (χ2v) is 35.2. The molecule has 4 unspecified atom stereocenters. The molecule has 22 nitrogen and oxygen atoms in total. The maximum absolute atomic E-state index is 11.6. The lowest BCUT2D eigenvalue weighted by atomic mass is 9.93. The molecule has 4 aromatic carbocycles. The van der Waals surface area contributed by atoms with Crippen LogP contribution in [0.3, 0.4) is 0 Å². The molecule has 1 amide bonds. The third-order valence-corrected chi connectivity index (χ3v) is 27.2. The van der Waals surface area contributed by atoms with Crippen LogP contribution in [-0.2, 0) is 4.79 Å². The highest BCUT2D eigenvalue weighted by Crippen LogP contribution is 2.48. The molecule has 122 heavy (non-hydrogen) atoms. The highest BCUT2D eigenvalue weighted by atomic mass is 35.5. The predicted octanol–water partition coefficient (Wildman–Crippen LogP) is 20.8. The molecule has 0 saturated carbocycles. The van der Waals surface area contributed by atoms with Crippen molar-refractivity contribution >= 4 is 116 Å². The van der Waals surface area contributed by atoms with Gasteiger partial charge < -0.3 is 25.4 Å². The van der Waals surface area contributed by atoms with Gasteiger partial charge >= 0.3 is 0 Å². The van der Waals surface area contributed by atoms with Crippen molar-refractivity contribution in [3.05, 3.63) is 319 Å². The summed E-state index contributed by atoms with van der Waals surface area (Å²) in [5.74, 6) is 1.99. The molecule has 4 aliphatic heterocycles. The molecule has 19 rings (SSSR count). The summed E-state index contributed by atoms with van der Waals surface area (Å²) in [6.45, 7) is 9.87. The predicted molar refractivity (Wildman–Crippen MR) is 494 cm³/mol. The number of pyridine rings is 4. The van der Waals surface area contributed by atoms with E-state index in [1.807, 2.05) is 123 Å². The Kier molecular flexibility index (Phi) is 27.0. The number of imidazole rings is 1. The Labute approximate surface area is 737 Å². The van der Waals surface area contributed by atoms with Crippen LogP contribution in [0.15, 0.2) is 259 Å². The summed E-state index contributed by atoms with van der Waals surface area (Å²) < 4.78 is 0. The Bertz CT molecular complexity index is 6200. The molecule has 11 aromatic heterocycles. The minimum absolute atomic E-state index is 0.00701. The number of aliphatic hydroxyl groups excluding tert-OH is 2. The van der Waals surface area contributed by atoms with E-state index in [0.29, 0.717) is 34.9 Å². The monoisotopic (exact) mass is 1750 g/mol. The van der Waals surface area contributed by atoms with E-state index in [0.717, 1.165) is 179 Å². The molecule has 15 aromatic rings. The SMILES string of the molecule is CC(=O)Nc1cc(-c2cc(C(c3ccc(Cl)cc3)N(C)C3CCN(C)CC3)c(-c3ncn[nH]3)s2)ccn1.Cc1ccc(C)c(C(O)c2cc(-c3ccncc3)sc2C2=NN=CC2)c1.Clc1ccc(C(c2cc(-c3ccnc(Cl)c3)sc2-c2ncc[nH]2)N2CCC2)cc1.OC(c1ccc(-c2cnccn2)cc1)c1cc(-c2ccncc2)sc1C1=NN=CC1. The van der Waals surface area contributed by atoms with Gasteiger partial charge in [-0.1, -0.05) is 107 Å². The molecule has 0 aliphatic carbocycles. The van der Waals surface area contributed by atoms with Crippen molar-refractivity contribution in [2.45, 2.75) is 83.2 Å². The molecule has 0 spiro atoms. The Morgan fingerprint density at radius 1 is 0.525 bits per heavy atom. The Balaban J connectivity index is 0.000000122. The number of anilines is 1. The lowest BCUT2D eigenvalue weighted by Crippen LogP contribution is -2.43. The van der Waals surface area contributed by atoms with Gasteiger partial charge in [-0.25, -0.2) is 19.9 Å². The van der Waals surface area contributed by atoms with E-state index in [9.17, 15) is 15.0 Å². The molecule has 2 fully saturated rings. The van der Waals surface area contributed by atoms with Gasteiger partial charge in [0.2, 0.25) is 5.91 Å². The molecule has 15 heterocycles. The minimum Gasteiger partial charge on any atom is -0.384 e. The van der Waals surface area contributed by atoms with E-state index >= 15 is 0 Å². The number of nitrogens with zero attached hydrogens (tertiary/aromatic N) is 16. The number of aromatic nitrogens is 11. The number of hydrogen-bond acceptors (Lipinski definition) is 23. The Morgan fingerprint density at radius 2 is 1.09 bits per heavy atom. The first-order chi connectivity index (χ1) is 59.5. The third-order valence-electron chi connectivity index (χ3n) is 21.6. The van der Waals surface area contributed by atoms with Gasteiger partial charge in [0, 0.05) is 160 Å². The molecule has 614 valence electrons. The lowest BCUT2D eigenvalue weighted by Gasteiger charge is -2.40. The van der Waals surface area contributed by atoms with Crippen LogP contribution < -0.4 is 5.32 Å². The first kappa shape index (κ1) is 84.1. The first-order valence-electron chi connectivity index (χ1n) is 39.7. The van der Waals surface area contributed by atoms with Crippen LogP contribution in [0.25, 0.3) is 74.4 Å². The van der Waals surface area contributed by atoms with Gasteiger partial charge in [-0.3, -0.25) is 39.6 Å². The summed E-state index contributed by atoms with van der Waals surface area (Å²) in [5, 5.41) is 50.9. The fourth-order valence-electron chi connectivity index (χ4n) is 15.2. The number of aromatic amines is 2. The molecule has 5 N–H and O–H groups in total. The summed E-state index contributed by atoms with van der Waals surface area (Å²) in [5.41, 5.74) is 18.2. The molecular formula is C93H84Cl3N19O3S4. The number of H-pyrrole nitrogens is 2. The van der Waals surface area contributed by atoms with E-state index in [4.69, 9.17) is 34.8 Å². The summed E-state index contributed by atoms with van der Waals surface area (Å²) in [6, 6.07) is 55.1. The molecule has 4 aliphatic rings. The summed E-state index contributed by atoms with van der Waals surface area (Å²) in [6.07, 6.45) is 27.7. The standard InChI is InChI=1S/C27H30ClN7OS.C23H17N5OS.C22H18Cl2N4S.C21H19N3OS/c1-17(36)32-24-14-19(8-11-29-24)23-15-22(26(37-23)27-30-16-31-33-27)25(18-4-6-20(28)7-5-18)35(3)21-9-12-34(2)13-10-21;29-22(17-3-1-15(2-4-17)20-14-25-11-12-26-20)18-13-21(16-5-8-24-9-6-16)30-23(18)19-7-10-27-28-19;23-16-4-2-14(3-5-16)20(28-10-1-11-28)17-13-18(15-6-7-25-19(24)12-15)29-21(17)22-26-8-9-27-22;1-13-3-4-14(2)16(11-13)20(25)17-12-19(15-5-8-22-9-6-15)26-21(17)18-7-10-23-24-18/h4-8,11,14-16,21,25H,9-10,12-13H2,1-3H3,(H,29,32,36)(H,30,31,33);1-6,8-14,22,29H,7H2;2-9,12-13,20H,1,10-11H2,(H,26,27);3-6,8-12,20,25H,7H2,1-2H3. The highest BCUT2D eigenvalue weighted by Gasteiger charge is 2.35. The zero-order chi connectivity index (χ0) is 84.2. The normalized spacial score (nSPS) is 14.9. The fourth-order valence-corrected chi connectivity index (χ4v) is 20.3. The molecule has 4 atom stereocenters. The largest absolute Gasteiger partial charge is 0.384 e. The molecule has 29 heteroatoms. The second kappa shape index (κ2) is 39.2.